The largest absolute Gasteiger partial charge is 0.390 e. The van der Waals surface area contributed by atoms with E-state index in [1.165, 1.54) is 63.5 Å². The highest BCUT2D eigenvalue weighted by Crippen LogP contribution is 2.11. The van der Waals surface area contributed by atoms with Gasteiger partial charge in [0.15, 0.2) is 0 Å². The van der Waals surface area contributed by atoms with Crippen LogP contribution in [0.3, 0.4) is 0 Å². The van der Waals surface area contributed by atoms with Crippen LogP contribution in [0.2, 0.25) is 0 Å². The lowest BCUT2D eigenvalue weighted by atomic mass is 10.0. The first-order valence-electron chi connectivity index (χ1n) is 7.43. The highest BCUT2D eigenvalue weighted by Gasteiger charge is 1.94. The summed E-state index contributed by atoms with van der Waals surface area (Å²) in [4.78, 5) is 0. The summed E-state index contributed by atoms with van der Waals surface area (Å²) in [6.07, 6.45) is 12.6. The maximum Gasteiger partial charge on any atom is 0.0799 e. The van der Waals surface area contributed by atoms with Crippen LogP contribution in [0, 0.1) is 6.61 Å². The third-order valence-electron chi connectivity index (χ3n) is 3.39. The Morgan fingerprint density at radius 3 is 1.89 bits per heavy atom. The SMILES string of the molecule is O[CH]CCCCCCCCCCc1ccccc1. The van der Waals surface area contributed by atoms with E-state index in [9.17, 15) is 0 Å². The lowest BCUT2D eigenvalue weighted by Crippen LogP contribution is -1.86. The molecule has 0 saturated heterocycles. The average molecular weight is 247 g/mol. The number of aliphatic hydroxyl groups is 1. The number of rotatable bonds is 11. The van der Waals surface area contributed by atoms with Crippen molar-refractivity contribution in [3.05, 3.63) is 42.5 Å². The fourth-order valence-corrected chi connectivity index (χ4v) is 2.27. The molecule has 0 heterocycles. The summed E-state index contributed by atoms with van der Waals surface area (Å²) in [5, 5.41) is 8.54. The van der Waals surface area contributed by atoms with E-state index in [0.717, 1.165) is 12.8 Å². The monoisotopic (exact) mass is 247 g/mol. The molecule has 0 aromatic heterocycles. The maximum absolute atomic E-state index is 8.54. The first-order valence-corrected chi connectivity index (χ1v) is 7.43. The lowest BCUT2D eigenvalue weighted by molar-refractivity contribution is 0.367. The van der Waals surface area contributed by atoms with Crippen LogP contribution in [0.25, 0.3) is 0 Å². The van der Waals surface area contributed by atoms with Crippen molar-refractivity contribution in [2.75, 3.05) is 0 Å². The summed E-state index contributed by atoms with van der Waals surface area (Å²) < 4.78 is 0. The van der Waals surface area contributed by atoms with Crippen LogP contribution in [0.5, 0.6) is 0 Å². The van der Waals surface area contributed by atoms with Gasteiger partial charge in [0.05, 0.1) is 6.61 Å². The van der Waals surface area contributed by atoms with E-state index in [1.54, 1.807) is 0 Å². The molecule has 1 N–H and O–H groups in total. The van der Waals surface area contributed by atoms with E-state index in [-0.39, 0.29) is 0 Å². The Labute approximate surface area is 112 Å². The van der Waals surface area contributed by atoms with Crippen LogP contribution < -0.4 is 0 Å². The van der Waals surface area contributed by atoms with Crippen molar-refractivity contribution in [2.24, 2.45) is 0 Å². The summed E-state index contributed by atoms with van der Waals surface area (Å²) in [7, 11) is 0. The molecule has 0 unspecified atom stereocenters. The molecule has 0 aliphatic heterocycles. The molecule has 0 amide bonds. The minimum absolute atomic E-state index is 0.858. The van der Waals surface area contributed by atoms with Gasteiger partial charge in [-0.15, -0.1) is 0 Å². The summed E-state index contributed by atoms with van der Waals surface area (Å²) >= 11 is 0. The third kappa shape index (κ3) is 8.30. The van der Waals surface area contributed by atoms with Gasteiger partial charge in [-0.2, -0.15) is 0 Å². The molecule has 1 aromatic carbocycles. The van der Waals surface area contributed by atoms with E-state index in [0.29, 0.717) is 0 Å². The van der Waals surface area contributed by atoms with Gasteiger partial charge in [-0.25, -0.2) is 0 Å². The van der Waals surface area contributed by atoms with Crippen molar-refractivity contribution >= 4 is 0 Å². The topological polar surface area (TPSA) is 20.2 Å². The predicted molar refractivity (Wildman–Crippen MR) is 77.9 cm³/mol. The Bertz CT molecular complexity index is 268. The Morgan fingerprint density at radius 1 is 0.722 bits per heavy atom. The van der Waals surface area contributed by atoms with Gasteiger partial charge in [0.2, 0.25) is 0 Å². The van der Waals surface area contributed by atoms with Crippen molar-refractivity contribution < 1.29 is 5.11 Å². The lowest BCUT2D eigenvalue weighted by Gasteiger charge is -2.02. The Balaban J connectivity index is 1.82. The maximum atomic E-state index is 8.54. The van der Waals surface area contributed by atoms with Crippen molar-refractivity contribution in [3.63, 3.8) is 0 Å². The normalized spacial score (nSPS) is 10.7. The van der Waals surface area contributed by atoms with Gasteiger partial charge in [-0.3, -0.25) is 0 Å². The molecule has 0 fully saturated rings. The fourth-order valence-electron chi connectivity index (χ4n) is 2.27. The van der Waals surface area contributed by atoms with Gasteiger partial charge in [0, 0.05) is 0 Å². The number of aryl methyl sites for hydroxylation is 1. The molecule has 1 aromatic rings. The Morgan fingerprint density at radius 2 is 1.28 bits per heavy atom. The number of unbranched alkanes of at least 4 members (excludes halogenated alkanes) is 8. The van der Waals surface area contributed by atoms with E-state index in [2.05, 4.69) is 30.3 Å². The van der Waals surface area contributed by atoms with Crippen LogP contribution in [0.4, 0.5) is 0 Å². The predicted octanol–water partition coefficient (Wildman–Crippen LogP) is 5.27. The molecule has 0 saturated carbocycles. The molecule has 0 bridgehead atoms. The summed E-state index contributed by atoms with van der Waals surface area (Å²) in [6.45, 7) is 1.28. The minimum atomic E-state index is 0.858. The van der Waals surface area contributed by atoms with E-state index >= 15 is 0 Å². The van der Waals surface area contributed by atoms with Crippen molar-refractivity contribution in [3.8, 4) is 0 Å². The van der Waals surface area contributed by atoms with E-state index in [1.807, 2.05) is 0 Å². The molecule has 1 heteroatoms. The molecule has 0 spiro atoms. The molecule has 1 rings (SSSR count). The number of aliphatic hydroxyl groups excluding tert-OH is 1. The smallest absolute Gasteiger partial charge is 0.0799 e. The second-order valence-corrected chi connectivity index (χ2v) is 5.04. The molecular weight excluding hydrogens is 220 g/mol. The Kier molecular flexibility index (Phi) is 9.55. The zero-order chi connectivity index (χ0) is 12.9. The van der Waals surface area contributed by atoms with Crippen molar-refractivity contribution in [1.82, 2.24) is 0 Å². The highest BCUT2D eigenvalue weighted by atomic mass is 16.2. The van der Waals surface area contributed by atoms with Gasteiger partial charge in [-0.1, -0.05) is 75.3 Å². The number of benzene rings is 1. The first kappa shape index (κ1) is 15.2. The van der Waals surface area contributed by atoms with Crippen LogP contribution >= 0.6 is 0 Å². The molecule has 101 valence electrons. The minimum Gasteiger partial charge on any atom is -0.390 e. The fraction of sp³-hybridized carbons (Fsp3) is 0.588. The highest BCUT2D eigenvalue weighted by molar-refractivity contribution is 5.14. The molecule has 0 atom stereocenters. The van der Waals surface area contributed by atoms with E-state index < -0.39 is 0 Å². The van der Waals surface area contributed by atoms with Gasteiger partial charge in [0.25, 0.3) is 0 Å². The zero-order valence-corrected chi connectivity index (χ0v) is 11.5. The van der Waals surface area contributed by atoms with E-state index in [4.69, 9.17) is 5.11 Å². The van der Waals surface area contributed by atoms with Crippen LogP contribution in [0.15, 0.2) is 30.3 Å². The summed E-state index contributed by atoms with van der Waals surface area (Å²) in [5.74, 6) is 0. The standard InChI is InChI=1S/C17H27O/c18-16-12-7-5-3-1-2-4-6-9-13-17-14-10-8-11-15-17/h8,10-11,14-16,18H,1-7,9,12-13H2. The quantitative estimate of drug-likeness (QED) is 0.528. The van der Waals surface area contributed by atoms with Crippen LogP contribution in [0.1, 0.15) is 63.4 Å². The molecular formula is C17H27O. The van der Waals surface area contributed by atoms with Crippen LogP contribution in [-0.4, -0.2) is 5.11 Å². The van der Waals surface area contributed by atoms with Gasteiger partial charge < -0.3 is 5.11 Å². The molecule has 18 heavy (non-hydrogen) atoms. The van der Waals surface area contributed by atoms with Crippen molar-refractivity contribution in [1.29, 1.82) is 0 Å². The number of hydrogen-bond donors (Lipinski definition) is 1. The summed E-state index contributed by atoms with van der Waals surface area (Å²) in [6, 6.07) is 10.8. The molecule has 0 aliphatic carbocycles. The molecule has 1 nitrogen and oxygen atoms in total. The zero-order valence-electron chi connectivity index (χ0n) is 11.5. The number of hydrogen-bond acceptors (Lipinski definition) is 1. The molecule has 0 aliphatic rings. The van der Waals surface area contributed by atoms with Gasteiger partial charge in [0.1, 0.15) is 0 Å². The first-order chi connectivity index (χ1) is 8.93. The molecule has 1 radical (unpaired) electrons. The average Bonchev–Trinajstić information content (AvgIpc) is 2.42. The third-order valence-corrected chi connectivity index (χ3v) is 3.39. The Hall–Kier alpha value is -0.820. The van der Waals surface area contributed by atoms with Gasteiger partial charge in [-0.05, 0) is 24.8 Å². The van der Waals surface area contributed by atoms with Crippen molar-refractivity contribution in [2.45, 2.75) is 64.2 Å². The van der Waals surface area contributed by atoms with Crippen LogP contribution in [-0.2, 0) is 6.42 Å². The summed E-state index contributed by atoms with van der Waals surface area (Å²) in [5.41, 5.74) is 1.47. The van der Waals surface area contributed by atoms with Gasteiger partial charge >= 0.3 is 0 Å². The second-order valence-electron chi connectivity index (χ2n) is 5.04. The second kappa shape index (κ2) is 11.3.